The molecule has 6 aromatic rings. The third-order valence-electron chi connectivity index (χ3n) is 6.35. The molecule has 7 heteroatoms. The molecule has 0 aliphatic heterocycles. The van der Waals surface area contributed by atoms with Crippen LogP contribution in [0.25, 0.3) is 44.5 Å². The number of pyridine rings is 1. The number of carbonyl (C=O) groups is 1. The quantitative estimate of drug-likeness (QED) is 0.331. The van der Waals surface area contributed by atoms with Crippen LogP contribution in [0, 0.1) is 0 Å². The SMILES string of the molecule is COc1cccc(-c2nc3ccccc3c(=O)n2NC(=O)c2cc(-c3ccccc3)nc3ccccc23)c1. The lowest BCUT2D eigenvalue weighted by molar-refractivity contribution is 0.101. The van der Waals surface area contributed by atoms with E-state index in [1.165, 1.54) is 4.68 Å². The molecule has 0 aliphatic rings. The lowest BCUT2D eigenvalue weighted by Crippen LogP contribution is -2.35. The maximum atomic E-state index is 13.9. The minimum atomic E-state index is -0.455. The average molecular weight is 499 g/mol. The maximum Gasteiger partial charge on any atom is 0.280 e. The van der Waals surface area contributed by atoms with Crippen LogP contribution in [0.5, 0.6) is 5.75 Å². The van der Waals surface area contributed by atoms with Crippen LogP contribution in [0.3, 0.4) is 0 Å². The molecule has 0 saturated heterocycles. The fourth-order valence-corrected chi connectivity index (χ4v) is 4.47. The number of benzene rings is 4. The van der Waals surface area contributed by atoms with Gasteiger partial charge in [-0.25, -0.2) is 9.97 Å². The minimum Gasteiger partial charge on any atom is -0.497 e. The zero-order valence-corrected chi connectivity index (χ0v) is 20.5. The predicted molar refractivity (Wildman–Crippen MR) is 149 cm³/mol. The summed E-state index contributed by atoms with van der Waals surface area (Å²) in [4.78, 5) is 37.0. The van der Waals surface area contributed by atoms with Crippen molar-refractivity contribution in [3.63, 3.8) is 0 Å². The van der Waals surface area contributed by atoms with Crippen molar-refractivity contribution in [1.29, 1.82) is 0 Å². The first kappa shape index (κ1) is 23.1. The molecule has 6 rings (SSSR count). The fourth-order valence-electron chi connectivity index (χ4n) is 4.47. The van der Waals surface area contributed by atoms with Gasteiger partial charge in [-0.05, 0) is 36.4 Å². The van der Waals surface area contributed by atoms with E-state index in [2.05, 4.69) is 5.43 Å². The Morgan fingerprint density at radius 2 is 1.39 bits per heavy atom. The van der Waals surface area contributed by atoms with Crippen LogP contribution in [0.2, 0.25) is 0 Å². The molecule has 2 heterocycles. The number of ether oxygens (including phenoxy) is 1. The van der Waals surface area contributed by atoms with Crippen LogP contribution in [0.15, 0.2) is 114 Å². The molecule has 0 bridgehead atoms. The van der Waals surface area contributed by atoms with Crippen molar-refractivity contribution in [3.05, 3.63) is 125 Å². The van der Waals surface area contributed by atoms with E-state index in [9.17, 15) is 9.59 Å². The van der Waals surface area contributed by atoms with Gasteiger partial charge in [0.2, 0.25) is 0 Å². The van der Waals surface area contributed by atoms with E-state index in [1.54, 1.807) is 43.5 Å². The number of hydrogen-bond donors (Lipinski definition) is 1. The predicted octanol–water partition coefficient (Wildman–Crippen LogP) is 5.67. The molecule has 0 unspecified atom stereocenters. The summed E-state index contributed by atoms with van der Waals surface area (Å²) in [6.07, 6.45) is 0. The van der Waals surface area contributed by atoms with Crippen molar-refractivity contribution >= 4 is 27.7 Å². The van der Waals surface area contributed by atoms with Gasteiger partial charge < -0.3 is 4.74 Å². The molecule has 2 aromatic heterocycles. The third kappa shape index (κ3) is 4.16. The summed E-state index contributed by atoms with van der Waals surface area (Å²) in [5.74, 6) is 0.446. The van der Waals surface area contributed by atoms with Crippen molar-refractivity contribution in [2.75, 3.05) is 12.5 Å². The second-order valence-corrected chi connectivity index (χ2v) is 8.70. The molecule has 0 aliphatic carbocycles. The van der Waals surface area contributed by atoms with Crippen LogP contribution in [0.4, 0.5) is 0 Å². The Labute approximate surface area is 218 Å². The lowest BCUT2D eigenvalue weighted by atomic mass is 10.0. The Balaban J connectivity index is 1.53. The van der Waals surface area contributed by atoms with Gasteiger partial charge in [0, 0.05) is 16.5 Å². The van der Waals surface area contributed by atoms with Crippen molar-refractivity contribution in [1.82, 2.24) is 14.6 Å². The molecule has 0 fully saturated rings. The summed E-state index contributed by atoms with van der Waals surface area (Å²) in [6.45, 7) is 0. The van der Waals surface area contributed by atoms with Gasteiger partial charge in [0.1, 0.15) is 5.75 Å². The lowest BCUT2D eigenvalue weighted by Gasteiger charge is -2.16. The van der Waals surface area contributed by atoms with Gasteiger partial charge in [0.25, 0.3) is 11.5 Å². The first-order chi connectivity index (χ1) is 18.6. The molecule has 0 spiro atoms. The zero-order chi connectivity index (χ0) is 26.1. The molecule has 0 radical (unpaired) electrons. The van der Waals surface area contributed by atoms with Crippen molar-refractivity contribution in [3.8, 4) is 28.4 Å². The highest BCUT2D eigenvalue weighted by Gasteiger charge is 2.19. The second-order valence-electron chi connectivity index (χ2n) is 8.70. The number of para-hydroxylation sites is 2. The number of methoxy groups -OCH3 is 1. The molecule has 38 heavy (non-hydrogen) atoms. The van der Waals surface area contributed by atoms with Gasteiger partial charge in [-0.1, -0.05) is 72.8 Å². The standard InChI is InChI=1S/C31H22N4O3/c1-38-22-13-9-12-21(18-22)29-33-27-17-8-6-15-24(27)31(37)35(29)34-30(36)25-19-28(20-10-3-2-4-11-20)32-26-16-7-5-14-23(25)26/h2-19H,1H3,(H,34,36). The van der Waals surface area contributed by atoms with E-state index in [1.807, 2.05) is 72.8 Å². The Morgan fingerprint density at radius 3 is 2.16 bits per heavy atom. The van der Waals surface area contributed by atoms with Crippen molar-refractivity contribution in [2.45, 2.75) is 0 Å². The number of nitrogens with zero attached hydrogens (tertiary/aromatic N) is 3. The third-order valence-corrected chi connectivity index (χ3v) is 6.35. The van der Waals surface area contributed by atoms with Crippen LogP contribution in [-0.2, 0) is 0 Å². The van der Waals surface area contributed by atoms with E-state index in [4.69, 9.17) is 14.7 Å². The van der Waals surface area contributed by atoms with E-state index in [0.29, 0.717) is 50.2 Å². The molecule has 1 amide bonds. The van der Waals surface area contributed by atoms with Crippen molar-refractivity contribution < 1.29 is 9.53 Å². The van der Waals surface area contributed by atoms with E-state index in [0.717, 1.165) is 5.56 Å². The highest BCUT2D eigenvalue weighted by atomic mass is 16.5. The summed E-state index contributed by atoms with van der Waals surface area (Å²) in [7, 11) is 1.57. The van der Waals surface area contributed by atoms with Crippen LogP contribution in [0.1, 0.15) is 10.4 Å². The molecular weight excluding hydrogens is 476 g/mol. The van der Waals surface area contributed by atoms with Gasteiger partial charge >= 0.3 is 0 Å². The highest BCUT2D eigenvalue weighted by Crippen LogP contribution is 2.26. The number of rotatable bonds is 5. The molecule has 0 atom stereocenters. The zero-order valence-electron chi connectivity index (χ0n) is 20.5. The molecule has 0 saturated carbocycles. The normalized spacial score (nSPS) is 11.0. The average Bonchev–Trinajstić information content (AvgIpc) is 2.98. The number of fused-ring (bicyclic) bond motifs is 2. The number of aromatic nitrogens is 3. The summed E-state index contributed by atoms with van der Waals surface area (Å²) < 4.78 is 6.58. The van der Waals surface area contributed by atoms with E-state index in [-0.39, 0.29) is 5.56 Å². The van der Waals surface area contributed by atoms with Crippen LogP contribution in [-0.4, -0.2) is 27.7 Å². The molecule has 184 valence electrons. The highest BCUT2D eigenvalue weighted by molar-refractivity contribution is 6.10. The smallest absolute Gasteiger partial charge is 0.280 e. The Morgan fingerprint density at radius 1 is 0.737 bits per heavy atom. The summed E-state index contributed by atoms with van der Waals surface area (Å²) in [6, 6.07) is 33.1. The second kappa shape index (κ2) is 9.63. The Kier molecular flexibility index (Phi) is 5.86. The van der Waals surface area contributed by atoms with Gasteiger partial charge in [-0.15, -0.1) is 0 Å². The maximum absolute atomic E-state index is 13.9. The Hall–Kier alpha value is -5.30. The first-order valence-corrected chi connectivity index (χ1v) is 12.0. The molecule has 4 aromatic carbocycles. The van der Waals surface area contributed by atoms with E-state index < -0.39 is 5.91 Å². The Bertz CT molecular complexity index is 1880. The number of amides is 1. The summed E-state index contributed by atoms with van der Waals surface area (Å²) in [5.41, 5.74) is 6.21. The molecule has 7 nitrogen and oxygen atoms in total. The molecule has 1 N–H and O–H groups in total. The van der Waals surface area contributed by atoms with Gasteiger partial charge in [-0.3, -0.25) is 15.0 Å². The van der Waals surface area contributed by atoms with Crippen LogP contribution < -0.4 is 15.7 Å². The number of nitrogens with one attached hydrogen (secondary N) is 1. The van der Waals surface area contributed by atoms with E-state index >= 15 is 0 Å². The monoisotopic (exact) mass is 498 g/mol. The minimum absolute atomic E-state index is 0.294. The largest absolute Gasteiger partial charge is 0.497 e. The number of hydrogen-bond acceptors (Lipinski definition) is 5. The summed E-state index contributed by atoms with van der Waals surface area (Å²) >= 11 is 0. The van der Waals surface area contributed by atoms with Gasteiger partial charge in [0.05, 0.1) is 34.8 Å². The fraction of sp³-hybridized carbons (Fsp3) is 0.0323. The van der Waals surface area contributed by atoms with Gasteiger partial charge in [0.15, 0.2) is 5.82 Å². The van der Waals surface area contributed by atoms with Crippen LogP contribution >= 0.6 is 0 Å². The summed E-state index contributed by atoms with van der Waals surface area (Å²) in [5, 5.41) is 1.07. The first-order valence-electron chi connectivity index (χ1n) is 12.0. The topological polar surface area (TPSA) is 86.1 Å². The number of carbonyl (C=O) groups excluding carboxylic acids is 1. The molecular formula is C31H22N4O3. The van der Waals surface area contributed by atoms with Crippen molar-refractivity contribution in [2.24, 2.45) is 0 Å². The van der Waals surface area contributed by atoms with Gasteiger partial charge in [-0.2, -0.15) is 4.68 Å².